The normalized spacial score (nSPS) is 28.5. The molecule has 2 rings (SSSR count). The van der Waals surface area contributed by atoms with Gasteiger partial charge in [0.1, 0.15) is 0 Å². The van der Waals surface area contributed by atoms with E-state index < -0.39 is 0 Å². The summed E-state index contributed by atoms with van der Waals surface area (Å²) in [5.41, 5.74) is 1.41. The van der Waals surface area contributed by atoms with Gasteiger partial charge >= 0.3 is 0 Å². The fourth-order valence-corrected chi connectivity index (χ4v) is 3.26. The highest BCUT2D eigenvalue weighted by Gasteiger charge is 2.28. The Kier molecular flexibility index (Phi) is 7.21. The van der Waals surface area contributed by atoms with Gasteiger partial charge in [-0.3, -0.25) is 0 Å². The molecule has 2 aliphatic rings. The molecule has 0 aromatic rings. The minimum absolute atomic E-state index is 0.0292. The molecule has 0 bridgehead atoms. The Hall–Kier alpha value is -0.380. The van der Waals surface area contributed by atoms with Crippen LogP contribution >= 0.6 is 0 Å². The maximum Gasteiger partial charge on any atom is 0.158 e. The van der Waals surface area contributed by atoms with Crippen LogP contribution in [-0.4, -0.2) is 43.5 Å². The van der Waals surface area contributed by atoms with Crippen LogP contribution in [-0.2, 0) is 9.47 Å². The van der Waals surface area contributed by atoms with Crippen LogP contribution in [0.3, 0.4) is 0 Å². The van der Waals surface area contributed by atoms with Crippen LogP contribution in [0.15, 0.2) is 11.6 Å². The third-order valence-corrected chi connectivity index (χ3v) is 4.53. The Bertz CT molecular complexity index is 319. The van der Waals surface area contributed by atoms with Gasteiger partial charge in [-0.2, -0.15) is 0 Å². The van der Waals surface area contributed by atoms with Crippen LogP contribution in [0.25, 0.3) is 0 Å². The molecule has 0 unspecified atom stereocenters. The first-order valence-electron chi connectivity index (χ1n) is 8.76. The molecule has 3 atom stereocenters. The molecule has 0 amide bonds. The number of ether oxygens (including phenoxy) is 2. The molecule has 2 aliphatic heterocycles. The van der Waals surface area contributed by atoms with Crippen molar-refractivity contribution in [2.45, 2.75) is 71.7 Å². The number of likely N-dealkylation sites (tertiary alicyclic amines) is 1. The van der Waals surface area contributed by atoms with E-state index in [1.165, 1.54) is 50.8 Å². The van der Waals surface area contributed by atoms with Crippen molar-refractivity contribution in [2.24, 2.45) is 5.92 Å². The molecule has 0 aliphatic carbocycles. The van der Waals surface area contributed by atoms with Crippen molar-refractivity contribution in [3.05, 3.63) is 11.6 Å². The van der Waals surface area contributed by atoms with Gasteiger partial charge in [0, 0.05) is 13.0 Å². The van der Waals surface area contributed by atoms with Crippen molar-refractivity contribution in [2.75, 3.05) is 26.2 Å². The van der Waals surface area contributed by atoms with Gasteiger partial charge in [0.2, 0.25) is 0 Å². The second-order valence-corrected chi connectivity index (χ2v) is 7.08. The fourth-order valence-electron chi connectivity index (χ4n) is 3.26. The van der Waals surface area contributed by atoms with Gasteiger partial charge in [0.05, 0.1) is 12.7 Å². The summed E-state index contributed by atoms with van der Waals surface area (Å²) >= 11 is 0. The fraction of sp³-hybridized carbons (Fsp3) is 0.889. The summed E-state index contributed by atoms with van der Waals surface area (Å²) in [6.07, 6.45) is 10.2. The molecule has 0 aromatic heterocycles. The summed E-state index contributed by atoms with van der Waals surface area (Å²) in [6, 6.07) is 0. The lowest BCUT2D eigenvalue weighted by atomic mass is 10.0. The summed E-state index contributed by atoms with van der Waals surface area (Å²) in [5.74, 6) is 0.666. The SMILES string of the molecule is CC(C)=CCC[C@H](C)C[C@H]1OC[C@H](CN2CCCCC2)O1. The molecule has 0 N–H and O–H groups in total. The predicted molar refractivity (Wildman–Crippen MR) is 87.4 cm³/mol. The van der Waals surface area contributed by atoms with E-state index in [-0.39, 0.29) is 12.4 Å². The third kappa shape index (κ3) is 6.50. The first-order valence-corrected chi connectivity index (χ1v) is 8.76. The van der Waals surface area contributed by atoms with Gasteiger partial charge in [-0.15, -0.1) is 0 Å². The average molecular weight is 295 g/mol. The molecule has 0 radical (unpaired) electrons. The first kappa shape index (κ1) is 17.0. The zero-order valence-electron chi connectivity index (χ0n) is 14.1. The monoisotopic (exact) mass is 295 g/mol. The van der Waals surface area contributed by atoms with Gasteiger partial charge in [-0.25, -0.2) is 0 Å². The van der Waals surface area contributed by atoms with Crippen LogP contribution in [0, 0.1) is 5.92 Å². The Morgan fingerprint density at radius 3 is 2.71 bits per heavy atom. The van der Waals surface area contributed by atoms with E-state index in [9.17, 15) is 0 Å². The lowest BCUT2D eigenvalue weighted by Crippen LogP contribution is -2.37. The standard InChI is InChI=1S/C18H33NO2/c1-15(2)8-7-9-16(3)12-18-20-14-17(21-18)13-19-10-5-4-6-11-19/h8,16-18H,4-7,9-14H2,1-3H3/t16-,17-,18-/m0/s1. The van der Waals surface area contributed by atoms with Gasteiger partial charge in [0.25, 0.3) is 0 Å². The maximum absolute atomic E-state index is 6.08. The molecular formula is C18H33NO2. The molecule has 2 saturated heterocycles. The largest absolute Gasteiger partial charge is 0.350 e. The number of piperidine rings is 1. The highest BCUT2D eigenvalue weighted by Crippen LogP contribution is 2.23. The quantitative estimate of drug-likeness (QED) is 0.663. The van der Waals surface area contributed by atoms with Gasteiger partial charge in [-0.05, 0) is 58.5 Å². The van der Waals surface area contributed by atoms with E-state index >= 15 is 0 Å². The van der Waals surface area contributed by atoms with Crippen LogP contribution in [0.1, 0.15) is 59.3 Å². The topological polar surface area (TPSA) is 21.7 Å². The molecular weight excluding hydrogens is 262 g/mol. The Morgan fingerprint density at radius 1 is 1.24 bits per heavy atom. The summed E-state index contributed by atoms with van der Waals surface area (Å²) < 4.78 is 11.9. The van der Waals surface area contributed by atoms with Crippen molar-refractivity contribution in [3.8, 4) is 0 Å². The van der Waals surface area contributed by atoms with Gasteiger partial charge in [0.15, 0.2) is 6.29 Å². The molecule has 2 fully saturated rings. The van der Waals surface area contributed by atoms with Crippen LogP contribution in [0.5, 0.6) is 0 Å². The highest BCUT2D eigenvalue weighted by molar-refractivity contribution is 4.92. The number of nitrogens with zero attached hydrogens (tertiary/aromatic N) is 1. The zero-order chi connectivity index (χ0) is 15.1. The van der Waals surface area contributed by atoms with Crippen molar-refractivity contribution >= 4 is 0 Å². The minimum atomic E-state index is 0.0292. The molecule has 0 spiro atoms. The Morgan fingerprint density at radius 2 is 2.00 bits per heavy atom. The summed E-state index contributed by atoms with van der Waals surface area (Å²) in [6.45, 7) is 11.0. The summed E-state index contributed by atoms with van der Waals surface area (Å²) in [4.78, 5) is 2.54. The van der Waals surface area contributed by atoms with Gasteiger partial charge < -0.3 is 14.4 Å². The van der Waals surface area contributed by atoms with Gasteiger partial charge in [-0.1, -0.05) is 25.0 Å². The van der Waals surface area contributed by atoms with E-state index in [0.717, 1.165) is 19.6 Å². The Balaban J connectivity index is 1.61. The predicted octanol–water partition coefficient (Wildman–Crippen LogP) is 3.99. The van der Waals surface area contributed by atoms with E-state index in [2.05, 4.69) is 31.7 Å². The van der Waals surface area contributed by atoms with Crippen LogP contribution < -0.4 is 0 Å². The molecule has 21 heavy (non-hydrogen) atoms. The highest BCUT2D eigenvalue weighted by atomic mass is 16.7. The Labute approximate surface area is 130 Å². The van der Waals surface area contributed by atoms with E-state index in [1.54, 1.807) is 0 Å². The second-order valence-electron chi connectivity index (χ2n) is 7.08. The molecule has 0 saturated carbocycles. The summed E-state index contributed by atoms with van der Waals surface area (Å²) in [7, 11) is 0. The first-order chi connectivity index (χ1) is 10.1. The van der Waals surface area contributed by atoms with E-state index in [1.807, 2.05) is 0 Å². The second kappa shape index (κ2) is 8.92. The van der Waals surface area contributed by atoms with E-state index in [0.29, 0.717) is 5.92 Å². The molecule has 2 heterocycles. The van der Waals surface area contributed by atoms with E-state index in [4.69, 9.17) is 9.47 Å². The third-order valence-electron chi connectivity index (χ3n) is 4.53. The lowest BCUT2D eigenvalue weighted by Gasteiger charge is -2.28. The molecule has 122 valence electrons. The maximum atomic E-state index is 6.08. The minimum Gasteiger partial charge on any atom is -0.350 e. The number of allylic oxidation sites excluding steroid dienone is 2. The summed E-state index contributed by atoms with van der Waals surface area (Å²) in [5, 5.41) is 0. The molecule has 0 aromatic carbocycles. The smallest absolute Gasteiger partial charge is 0.158 e. The van der Waals surface area contributed by atoms with Crippen molar-refractivity contribution in [1.82, 2.24) is 4.90 Å². The molecule has 3 heteroatoms. The van der Waals surface area contributed by atoms with Crippen LogP contribution in [0.4, 0.5) is 0 Å². The zero-order valence-corrected chi connectivity index (χ0v) is 14.1. The number of hydrogen-bond acceptors (Lipinski definition) is 3. The van der Waals surface area contributed by atoms with Crippen molar-refractivity contribution < 1.29 is 9.47 Å². The number of hydrogen-bond donors (Lipinski definition) is 0. The number of rotatable bonds is 7. The lowest BCUT2D eigenvalue weighted by molar-refractivity contribution is -0.0745. The van der Waals surface area contributed by atoms with Crippen LogP contribution in [0.2, 0.25) is 0 Å². The van der Waals surface area contributed by atoms with Crippen molar-refractivity contribution in [3.63, 3.8) is 0 Å². The average Bonchev–Trinajstić information content (AvgIpc) is 2.86. The van der Waals surface area contributed by atoms with Crippen molar-refractivity contribution in [1.29, 1.82) is 0 Å². The molecule has 3 nitrogen and oxygen atoms in total.